The van der Waals surface area contributed by atoms with Gasteiger partial charge in [-0.25, -0.2) is 0 Å². The van der Waals surface area contributed by atoms with Crippen LogP contribution in [0.15, 0.2) is 71.2 Å². The molecule has 0 radical (unpaired) electrons. The molecule has 5 nitrogen and oxygen atoms in total. The maximum Gasteiger partial charge on any atom is 0.261 e. The van der Waals surface area contributed by atoms with Crippen LogP contribution in [-0.4, -0.2) is 35.9 Å². The summed E-state index contributed by atoms with van der Waals surface area (Å²) in [6.45, 7) is 6.61. The summed E-state index contributed by atoms with van der Waals surface area (Å²) in [4.78, 5) is 28.7. The minimum atomic E-state index is -0.765. The first kappa shape index (κ1) is 30.0. The van der Waals surface area contributed by atoms with Gasteiger partial charge in [-0.2, -0.15) is 0 Å². The van der Waals surface area contributed by atoms with Crippen molar-refractivity contribution >= 4 is 50.9 Å². The number of nitrogens with one attached hydrogen (secondary N) is 1. The Morgan fingerprint density at radius 1 is 1.03 bits per heavy atom. The van der Waals surface area contributed by atoms with Crippen molar-refractivity contribution in [1.82, 2.24) is 10.2 Å². The van der Waals surface area contributed by atoms with Gasteiger partial charge in [0.25, 0.3) is 5.91 Å². The summed E-state index contributed by atoms with van der Waals surface area (Å²) < 4.78 is 6.71. The smallest absolute Gasteiger partial charge is 0.261 e. The Balaban J connectivity index is 1.92. The molecular formula is C30H33BrCl2N2O3. The van der Waals surface area contributed by atoms with E-state index in [9.17, 15) is 9.59 Å². The maximum absolute atomic E-state index is 13.7. The second-order valence-electron chi connectivity index (χ2n) is 9.39. The van der Waals surface area contributed by atoms with E-state index in [1.165, 1.54) is 0 Å². The van der Waals surface area contributed by atoms with Gasteiger partial charge in [0.1, 0.15) is 11.8 Å². The second-order valence-corrected chi connectivity index (χ2v) is 11.1. The van der Waals surface area contributed by atoms with E-state index in [1.807, 2.05) is 55.5 Å². The van der Waals surface area contributed by atoms with Gasteiger partial charge >= 0.3 is 0 Å². The van der Waals surface area contributed by atoms with Crippen LogP contribution in [0, 0.1) is 0 Å². The molecule has 202 valence electrons. The summed E-state index contributed by atoms with van der Waals surface area (Å²) in [5.74, 6) is 0.365. The molecule has 0 aliphatic rings. The van der Waals surface area contributed by atoms with E-state index in [0.717, 1.165) is 22.0 Å². The van der Waals surface area contributed by atoms with E-state index in [4.69, 9.17) is 27.9 Å². The van der Waals surface area contributed by atoms with Gasteiger partial charge in [-0.15, -0.1) is 0 Å². The zero-order valence-electron chi connectivity index (χ0n) is 21.8. The number of amides is 2. The molecule has 0 saturated heterocycles. The fourth-order valence-corrected chi connectivity index (χ4v) is 4.95. The zero-order valence-corrected chi connectivity index (χ0v) is 24.9. The van der Waals surface area contributed by atoms with Crippen molar-refractivity contribution in [3.63, 3.8) is 0 Å². The lowest BCUT2D eigenvalue weighted by atomic mass is 10.0. The summed E-state index contributed by atoms with van der Waals surface area (Å²) in [6, 6.07) is 19.8. The monoisotopic (exact) mass is 618 g/mol. The minimum Gasteiger partial charge on any atom is -0.483 e. The molecule has 0 fully saturated rings. The Hall–Kier alpha value is -2.54. The molecule has 2 amide bonds. The highest BCUT2D eigenvalue weighted by molar-refractivity contribution is 9.10. The number of ether oxygens (including phenoxy) is 1. The number of carbonyl (C=O) groups is 2. The van der Waals surface area contributed by atoms with Crippen LogP contribution >= 0.6 is 39.1 Å². The first-order chi connectivity index (χ1) is 18.2. The Bertz CT molecular complexity index is 1240. The largest absolute Gasteiger partial charge is 0.483 e. The highest BCUT2D eigenvalue weighted by Crippen LogP contribution is 2.29. The molecule has 3 aromatic carbocycles. The number of benzene rings is 3. The van der Waals surface area contributed by atoms with E-state index in [0.29, 0.717) is 40.2 Å². The van der Waals surface area contributed by atoms with E-state index >= 15 is 0 Å². The van der Waals surface area contributed by atoms with Crippen molar-refractivity contribution in [3.8, 4) is 5.75 Å². The standard InChI is InChI=1S/C30H33BrCl2N2O3/c1-4-14-34-30(37)27(15-21-8-6-5-7-9-21)35(18-23-10-12-24(32)17-26(23)33)29(36)19-38-28-13-11-22(20(2)3)16-25(28)31/h5-13,16-17,20,27H,4,14-15,18-19H2,1-3H3,(H,34,37)/t27-/m0/s1. The second kappa shape index (κ2) is 14.6. The van der Waals surface area contributed by atoms with Crippen LogP contribution < -0.4 is 10.1 Å². The van der Waals surface area contributed by atoms with Crippen LogP contribution in [0.3, 0.4) is 0 Å². The van der Waals surface area contributed by atoms with Crippen molar-refractivity contribution in [2.45, 2.75) is 52.1 Å². The predicted octanol–water partition coefficient (Wildman–Crippen LogP) is 7.42. The highest BCUT2D eigenvalue weighted by Gasteiger charge is 2.31. The van der Waals surface area contributed by atoms with Crippen LogP contribution in [0.4, 0.5) is 0 Å². The molecule has 38 heavy (non-hydrogen) atoms. The fraction of sp³-hybridized carbons (Fsp3) is 0.333. The predicted molar refractivity (Wildman–Crippen MR) is 158 cm³/mol. The molecule has 0 saturated carbocycles. The topological polar surface area (TPSA) is 58.6 Å². The Labute approximate surface area is 243 Å². The molecule has 3 rings (SSSR count). The van der Waals surface area contributed by atoms with Gasteiger partial charge in [0.05, 0.1) is 4.47 Å². The lowest BCUT2D eigenvalue weighted by Crippen LogP contribution is -2.51. The van der Waals surface area contributed by atoms with Crippen LogP contribution in [0.25, 0.3) is 0 Å². The Morgan fingerprint density at radius 2 is 1.76 bits per heavy atom. The third-order valence-electron chi connectivity index (χ3n) is 6.15. The third-order valence-corrected chi connectivity index (χ3v) is 7.36. The maximum atomic E-state index is 13.7. The molecule has 1 atom stereocenters. The van der Waals surface area contributed by atoms with E-state index in [-0.39, 0.29) is 25.0 Å². The van der Waals surface area contributed by atoms with Gasteiger partial charge in [-0.05, 0) is 69.2 Å². The minimum absolute atomic E-state index is 0.128. The summed E-state index contributed by atoms with van der Waals surface area (Å²) >= 11 is 16.1. The van der Waals surface area contributed by atoms with Gasteiger partial charge in [-0.3, -0.25) is 9.59 Å². The molecule has 0 aliphatic carbocycles. The van der Waals surface area contributed by atoms with Crippen molar-refractivity contribution in [3.05, 3.63) is 97.9 Å². The molecule has 0 heterocycles. The van der Waals surface area contributed by atoms with E-state index in [1.54, 1.807) is 23.1 Å². The number of hydrogen-bond acceptors (Lipinski definition) is 3. The van der Waals surface area contributed by atoms with Crippen molar-refractivity contribution in [2.75, 3.05) is 13.2 Å². The molecule has 1 N–H and O–H groups in total. The highest BCUT2D eigenvalue weighted by atomic mass is 79.9. The number of carbonyl (C=O) groups excluding carboxylic acids is 2. The van der Waals surface area contributed by atoms with E-state index in [2.05, 4.69) is 35.1 Å². The van der Waals surface area contributed by atoms with Gasteiger partial charge in [0, 0.05) is 29.6 Å². The molecular weight excluding hydrogens is 587 g/mol. The van der Waals surface area contributed by atoms with Crippen LogP contribution in [0.1, 0.15) is 49.8 Å². The molecule has 3 aromatic rings. The molecule has 0 bridgehead atoms. The van der Waals surface area contributed by atoms with Crippen LogP contribution in [0.2, 0.25) is 10.0 Å². The molecule has 0 aliphatic heterocycles. The quantitative estimate of drug-likeness (QED) is 0.229. The number of halogens is 3. The SMILES string of the molecule is CCCNC(=O)[C@H](Cc1ccccc1)N(Cc1ccc(Cl)cc1Cl)C(=O)COc1ccc(C(C)C)cc1Br. The zero-order chi connectivity index (χ0) is 27.7. The first-order valence-electron chi connectivity index (χ1n) is 12.7. The third kappa shape index (κ3) is 8.48. The normalized spacial score (nSPS) is 11.8. The Kier molecular flexibility index (Phi) is 11.5. The van der Waals surface area contributed by atoms with E-state index < -0.39 is 6.04 Å². The summed E-state index contributed by atoms with van der Waals surface area (Å²) in [5.41, 5.74) is 2.79. The lowest BCUT2D eigenvalue weighted by Gasteiger charge is -2.31. The Morgan fingerprint density at radius 3 is 2.39 bits per heavy atom. The van der Waals surface area contributed by atoms with Gasteiger partial charge < -0.3 is 15.0 Å². The number of rotatable bonds is 12. The van der Waals surface area contributed by atoms with Gasteiger partial charge in [0.15, 0.2) is 6.61 Å². The van der Waals surface area contributed by atoms with Crippen LogP contribution in [-0.2, 0) is 22.6 Å². The summed E-state index contributed by atoms with van der Waals surface area (Å²) in [5, 5.41) is 3.88. The fourth-order valence-electron chi connectivity index (χ4n) is 3.97. The molecule has 8 heteroatoms. The first-order valence-corrected chi connectivity index (χ1v) is 14.2. The van der Waals surface area contributed by atoms with Gasteiger partial charge in [-0.1, -0.05) is 86.4 Å². The van der Waals surface area contributed by atoms with Crippen LogP contribution in [0.5, 0.6) is 5.75 Å². The lowest BCUT2D eigenvalue weighted by molar-refractivity contribution is -0.142. The van der Waals surface area contributed by atoms with Crippen molar-refractivity contribution in [2.24, 2.45) is 0 Å². The molecule has 0 aromatic heterocycles. The van der Waals surface area contributed by atoms with Crippen molar-refractivity contribution < 1.29 is 14.3 Å². The van der Waals surface area contributed by atoms with Crippen molar-refractivity contribution in [1.29, 1.82) is 0 Å². The number of nitrogens with zero attached hydrogens (tertiary/aromatic N) is 1. The molecule has 0 unspecified atom stereocenters. The van der Waals surface area contributed by atoms with Gasteiger partial charge in [0.2, 0.25) is 5.91 Å². The summed E-state index contributed by atoms with van der Waals surface area (Å²) in [7, 11) is 0. The summed E-state index contributed by atoms with van der Waals surface area (Å²) in [6.07, 6.45) is 1.13. The average molecular weight is 620 g/mol. The molecule has 0 spiro atoms. The average Bonchev–Trinajstić information content (AvgIpc) is 2.90. The number of hydrogen-bond donors (Lipinski definition) is 1.